The number of nitrogens with zero attached hydrogens (tertiary/aromatic N) is 3. The molecule has 0 saturated carbocycles. The SMILES string of the molecule is CC(C)CCN(Cc1ccc(Cl)cc1)c1ccc2nn(C)cc2c1. The van der Waals surface area contributed by atoms with E-state index in [1.165, 1.54) is 23.1 Å². The summed E-state index contributed by atoms with van der Waals surface area (Å²) in [6.45, 7) is 6.46. The molecule has 3 nitrogen and oxygen atoms in total. The van der Waals surface area contributed by atoms with Gasteiger partial charge in [0, 0.05) is 42.4 Å². The Labute approximate surface area is 148 Å². The summed E-state index contributed by atoms with van der Waals surface area (Å²) in [6.07, 6.45) is 3.24. The van der Waals surface area contributed by atoms with Gasteiger partial charge in [0.15, 0.2) is 0 Å². The highest BCUT2D eigenvalue weighted by Gasteiger charge is 2.10. The van der Waals surface area contributed by atoms with E-state index in [4.69, 9.17) is 11.6 Å². The number of hydrogen-bond acceptors (Lipinski definition) is 2. The van der Waals surface area contributed by atoms with E-state index in [1.54, 1.807) is 0 Å². The molecule has 0 aliphatic carbocycles. The fraction of sp³-hybridized carbons (Fsp3) is 0.350. The molecule has 0 saturated heterocycles. The molecule has 0 bridgehead atoms. The standard InChI is InChI=1S/C20H24ClN3/c1-15(2)10-11-24(13-16-4-6-18(21)7-5-16)19-8-9-20-17(12-19)14-23(3)22-20/h4-9,12,14-15H,10-11,13H2,1-3H3. The molecule has 0 fully saturated rings. The first-order chi connectivity index (χ1) is 11.5. The van der Waals surface area contributed by atoms with Crippen LogP contribution >= 0.6 is 11.6 Å². The smallest absolute Gasteiger partial charge is 0.0924 e. The Bertz CT molecular complexity index is 805. The van der Waals surface area contributed by atoms with Crippen molar-refractivity contribution >= 4 is 28.2 Å². The lowest BCUT2D eigenvalue weighted by Crippen LogP contribution is -2.24. The Morgan fingerprint density at radius 1 is 1.12 bits per heavy atom. The minimum absolute atomic E-state index is 0.680. The summed E-state index contributed by atoms with van der Waals surface area (Å²) in [7, 11) is 1.96. The molecular formula is C20H24ClN3. The molecule has 3 aromatic rings. The van der Waals surface area contributed by atoms with E-state index in [1.807, 2.05) is 23.9 Å². The normalized spacial score (nSPS) is 11.4. The van der Waals surface area contributed by atoms with Crippen LogP contribution in [-0.2, 0) is 13.6 Å². The first kappa shape index (κ1) is 16.8. The summed E-state index contributed by atoms with van der Waals surface area (Å²) >= 11 is 6.01. The summed E-state index contributed by atoms with van der Waals surface area (Å²) in [5, 5.41) is 6.43. The van der Waals surface area contributed by atoms with E-state index in [2.05, 4.69) is 60.4 Å². The highest BCUT2D eigenvalue weighted by atomic mass is 35.5. The summed E-state index contributed by atoms with van der Waals surface area (Å²) in [4.78, 5) is 2.44. The number of fused-ring (bicyclic) bond motifs is 1. The second-order valence-electron chi connectivity index (χ2n) is 6.78. The third-order valence-corrected chi connectivity index (χ3v) is 4.48. The van der Waals surface area contributed by atoms with Gasteiger partial charge in [0.1, 0.15) is 0 Å². The molecular weight excluding hydrogens is 318 g/mol. The summed E-state index contributed by atoms with van der Waals surface area (Å²) < 4.78 is 1.87. The molecule has 4 heteroatoms. The number of aryl methyl sites for hydroxylation is 1. The van der Waals surface area contributed by atoms with Crippen LogP contribution < -0.4 is 4.90 Å². The lowest BCUT2D eigenvalue weighted by Gasteiger charge is -2.26. The Morgan fingerprint density at radius 2 is 1.88 bits per heavy atom. The fourth-order valence-corrected chi connectivity index (χ4v) is 2.98. The highest BCUT2D eigenvalue weighted by Crippen LogP contribution is 2.24. The molecule has 1 heterocycles. The van der Waals surface area contributed by atoms with Crippen LogP contribution in [-0.4, -0.2) is 16.3 Å². The van der Waals surface area contributed by atoms with E-state index >= 15 is 0 Å². The maximum absolute atomic E-state index is 6.01. The molecule has 0 radical (unpaired) electrons. The fourth-order valence-electron chi connectivity index (χ4n) is 2.86. The second-order valence-corrected chi connectivity index (χ2v) is 7.21. The molecule has 0 atom stereocenters. The molecule has 0 aliphatic heterocycles. The Kier molecular flexibility index (Phi) is 5.10. The van der Waals surface area contributed by atoms with Crippen molar-refractivity contribution < 1.29 is 0 Å². The van der Waals surface area contributed by atoms with Gasteiger partial charge in [-0.25, -0.2) is 0 Å². The number of benzene rings is 2. The largest absolute Gasteiger partial charge is 0.367 e. The van der Waals surface area contributed by atoms with Gasteiger partial charge in [-0.3, -0.25) is 4.68 Å². The van der Waals surface area contributed by atoms with Crippen LogP contribution in [0, 0.1) is 5.92 Å². The number of hydrogen-bond donors (Lipinski definition) is 0. The zero-order valence-corrected chi connectivity index (χ0v) is 15.3. The molecule has 0 N–H and O–H groups in total. The quantitative estimate of drug-likeness (QED) is 0.608. The van der Waals surface area contributed by atoms with Gasteiger partial charge in [0.05, 0.1) is 5.52 Å². The Morgan fingerprint density at radius 3 is 2.58 bits per heavy atom. The first-order valence-electron chi connectivity index (χ1n) is 8.44. The van der Waals surface area contributed by atoms with Crippen molar-refractivity contribution in [2.75, 3.05) is 11.4 Å². The average molecular weight is 342 g/mol. The van der Waals surface area contributed by atoms with Crippen LogP contribution in [0.15, 0.2) is 48.7 Å². The van der Waals surface area contributed by atoms with Gasteiger partial charge < -0.3 is 4.90 Å². The van der Waals surface area contributed by atoms with Gasteiger partial charge in [-0.1, -0.05) is 37.6 Å². The topological polar surface area (TPSA) is 21.1 Å². The predicted octanol–water partition coefficient (Wildman–Crippen LogP) is 5.28. The van der Waals surface area contributed by atoms with E-state index < -0.39 is 0 Å². The third-order valence-electron chi connectivity index (χ3n) is 4.23. The monoisotopic (exact) mass is 341 g/mol. The average Bonchev–Trinajstić information content (AvgIpc) is 2.92. The van der Waals surface area contributed by atoms with Gasteiger partial charge in [0.2, 0.25) is 0 Å². The van der Waals surface area contributed by atoms with Crippen LogP contribution in [0.5, 0.6) is 0 Å². The van der Waals surface area contributed by atoms with E-state index in [0.29, 0.717) is 5.92 Å². The van der Waals surface area contributed by atoms with Crippen LogP contribution in [0.25, 0.3) is 10.9 Å². The van der Waals surface area contributed by atoms with Crippen LogP contribution in [0.1, 0.15) is 25.8 Å². The Balaban J connectivity index is 1.87. The van der Waals surface area contributed by atoms with Crippen molar-refractivity contribution in [3.63, 3.8) is 0 Å². The molecule has 0 spiro atoms. The van der Waals surface area contributed by atoms with Crippen LogP contribution in [0.2, 0.25) is 5.02 Å². The van der Waals surface area contributed by atoms with Crippen molar-refractivity contribution in [3.05, 3.63) is 59.2 Å². The van der Waals surface area contributed by atoms with Crippen LogP contribution in [0.4, 0.5) is 5.69 Å². The molecule has 1 aromatic heterocycles. The van der Waals surface area contributed by atoms with E-state index in [9.17, 15) is 0 Å². The van der Waals surface area contributed by atoms with Gasteiger partial charge in [-0.15, -0.1) is 0 Å². The molecule has 24 heavy (non-hydrogen) atoms. The molecule has 3 rings (SSSR count). The lowest BCUT2D eigenvalue weighted by molar-refractivity contribution is 0.571. The van der Waals surface area contributed by atoms with Crippen molar-refractivity contribution in [1.29, 1.82) is 0 Å². The van der Waals surface area contributed by atoms with E-state index in [0.717, 1.165) is 23.6 Å². The predicted molar refractivity (Wildman–Crippen MR) is 103 cm³/mol. The van der Waals surface area contributed by atoms with Gasteiger partial charge in [0.25, 0.3) is 0 Å². The van der Waals surface area contributed by atoms with Crippen molar-refractivity contribution in [2.24, 2.45) is 13.0 Å². The van der Waals surface area contributed by atoms with Gasteiger partial charge in [-0.05, 0) is 48.2 Å². The van der Waals surface area contributed by atoms with Gasteiger partial charge in [-0.2, -0.15) is 5.10 Å². The zero-order valence-electron chi connectivity index (χ0n) is 14.5. The second kappa shape index (κ2) is 7.27. The van der Waals surface area contributed by atoms with Crippen molar-refractivity contribution in [1.82, 2.24) is 9.78 Å². The highest BCUT2D eigenvalue weighted by molar-refractivity contribution is 6.30. The van der Waals surface area contributed by atoms with Crippen LogP contribution in [0.3, 0.4) is 0 Å². The van der Waals surface area contributed by atoms with Crippen molar-refractivity contribution in [2.45, 2.75) is 26.8 Å². The zero-order chi connectivity index (χ0) is 17.1. The number of aromatic nitrogens is 2. The minimum atomic E-state index is 0.680. The summed E-state index contributed by atoms with van der Waals surface area (Å²) in [5.74, 6) is 0.680. The maximum atomic E-state index is 6.01. The minimum Gasteiger partial charge on any atom is -0.367 e. The summed E-state index contributed by atoms with van der Waals surface area (Å²) in [5.41, 5.74) is 3.55. The first-order valence-corrected chi connectivity index (χ1v) is 8.82. The molecule has 0 aliphatic rings. The maximum Gasteiger partial charge on any atom is 0.0924 e. The molecule has 0 unspecified atom stereocenters. The number of rotatable bonds is 6. The van der Waals surface area contributed by atoms with E-state index in [-0.39, 0.29) is 0 Å². The lowest BCUT2D eigenvalue weighted by atomic mass is 10.1. The molecule has 0 amide bonds. The molecule has 2 aromatic carbocycles. The number of halogens is 1. The van der Waals surface area contributed by atoms with Crippen molar-refractivity contribution in [3.8, 4) is 0 Å². The van der Waals surface area contributed by atoms with Gasteiger partial charge >= 0.3 is 0 Å². The molecule has 126 valence electrons. The summed E-state index contributed by atoms with van der Waals surface area (Å²) in [6, 6.07) is 14.6. The third kappa shape index (κ3) is 4.09. The number of anilines is 1. The Hall–Kier alpha value is -2.00.